The number of morpholine rings is 1. The van der Waals surface area contributed by atoms with Crippen LogP contribution in [-0.2, 0) is 27.2 Å². The number of anilines is 3. The summed E-state index contributed by atoms with van der Waals surface area (Å²) in [6.07, 6.45) is 6.00. The lowest BCUT2D eigenvalue weighted by atomic mass is 10.0. The van der Waals surface area contributed by atoms with Crippen molar-refractivity contribution < 1.29 is 23.9 Å². The minimum Gasteiger partial charge on any atom is -0.382 e. The van der Waals surface area contributed by atoms with Gasteiger partial charge in [-0.1, -0.05) is 0 Å². The SMILES string of the molecule is N#Cc1cnc(NC(=O)N2CCCc3cc(CN4CCOCC4=O)c(C=O)nc32)cc1NCCOC1CC1. The van der Waals surface area contributed by atoms with Crippen molar-refractivity contribution in [2.45, 2.75) is 38.3 Å². The minimum absolute atomic E-state index is 0.0254. The summed E-state index contributed by atoms with van der Waals surface area (Å²) in [5.41, 5.74) is 2.59. The molecule has 198 valence electrons. The highest BCUT2D eigenvalue weighted by Gasteiger charge is 2.28. The van der Waals surface area contributed by atoms with E-state index in [1.165, 1.54) is 11.1 Å². The summed E-state index contributed by atoms with van der Waals surface area (Å²) in [5, 5.41) is 15.4. The second-order valence-corrected chi connectivity index (χ2v) is 9.41. The normalized spacial score (nSPS) is 17.0. The molecule has 0 aromatic carbocycles. The molecule has 1 saturated carbocycles. The molecule has 4 heterocycles. The molecule has 1 aliphatic carbocycles. The van der Waals surface area contributed by atoms with Gasteiger partial charge in [-0.15, -0.1) is 0 Å². The topological polar surface area (TPSA) is 150 Å². The van der Waals surface area contributed by atoms with Crippen molar-refractivity contribution in [3.63, 3.8) is 0 Å². The maximum absolute atomic E-state index is 13.3. The van der Waals surface area contributed by atoms with E-state index in [-0.39, 0.29) is 30.6 Å². The molecule has 12 nitrogen and oxygen atoms in total. The van der Waals surface area contributed by atoms with Crippen LogP contribution in [0.1, 0.15) is 46.4 Å². The van der Waals surface area contributed by atoms with Crippen LogP contribution in [0.15, 0.2) is 18.3 Å². The number of urea groups is 1. The van der Waals surface area contributed by atoms with E-state index in [0.717, 1.165) is 18.4 Å². The van der Waals surface area contributed by atoms with Crippen molar-refractivity contribution in [2.24, 2.45) is 0 Å². The van der Waals surface area contributed by atoms with Crippen molar-refractivity contribution in [1.29, 1.82) is 5.26 Å². The molecule has 2 aliphatic heterocycles. The highest BCUT2D eigenvalue weighted by atomic mass is 16.5. The van der Waals surface area contributed by atoms with Crippen LogP contribution in [0.5, 0.6) is 0 Å². The Morgan fingerprint density at radius 2 is 2.18 bits per heavy atom. The van der Waals surface area contributed by atoms with Gasteiger partial charge in [-0.3, -0.25) is 19.8 Å². The summed E-state index contributed by atoms with van der Waals surface area (Å²) < 4.78 is 10.8. The molecule has 0 spiro atoms. The van der Waals surface area contributed by atoms with Crippen LogP contribution in [0.4, 0.5) is 22.1 Å². The lowest BCUT2D eigenvalue weighted by molar-refractivity contribution is -0.143. The molecule has 12 heteroatoms. The summed E-state index contributed by atoms with van der Waals surface area (Å²) in [6.45, 7) is 2.66. The van der Waals surface area contributed by atoms with Gasteiger partial charge in [0.25, 0.3) is 0 Å². The Morgan fingerprint density at radius 3 is 2.95 bits per heavy atom. The number of carbonyl (C=O) groups is 3. The number of nitriles is 1. The van der Waals surface area contributed by atoms with Gasteiger partial charge in [0.05, 0.1) is 30.6 Å². The van der Waals surface area contributed by atoms with Gasteiger partial charge < -0.3 is 19.7 Å². The van der Waals surface area contributed by atoms with E-state index in [2.05, 4.69) is 26.7 Å². The van der Waals surface area contributed by atoms with E-state index in [4.69, 9.17) is 9.47 Å². The van der Waals surface area contributed by atoms with Gasteiger partial charge in [-0.05, 0) is 37.3 Å². The first kappa shape index (κ1) is 25.6. The lowest BCUT2D eigenvalue weighted by Crippen LogP contribution is -2.42. The smallest absolute Gasteiger partial charge is 0.328 e. The maximum atomic E-state index is 13.3. The number of hydrogen-bond donors (Lipinski definition) is 2. The molecule has 2 aromatic rings. The fourth-order valence-corrected chi connectivity index (χ4v) is 4.49. The third-order valence-corrected chi connectivity index (χ3v) is 6.63. The molecule has 0 unspecified atom stereocenters. The summed E-state index contributed by atoms with van der Waals surface area (Å²) >= 11 is 0. The largest absolute Gasteiger partial charge is 0.382 e. The maximum Gasteiger partial charge on any atom is 0.328 e. The van der Waals surface area contributed by atoms with E-state index < -0.39 is 6.03 Å². The van der Waals surface area contributed by atoms with Gasteiger partial charge >= 0.3 is 6.03 Å². The molecule has 2 fully saturated rings. The van der Waals surface area contributed by atoms with Crippen LogP contribution in [-0.4, -0.2) is 78.7 Å². The minimum atomic E-state index is -0.438. The second kappa shape index (κ2) is 11.5. The lowest BCUT2D eigenvalue weighted by Gasteiger charge is -2.30. The Bertz CT molecular complexity index is 1270. The average Bonchev–Trinajstić information content (AvgIpc) is 3.76. The number of hydrogen-bond acceptors (Lipinski definition) is 9. The molecule has 5 rings (SSSR count). The molecule has 1 saturated heterocycles. The second-order valence-electron chi connectivity index (χ2n) is 9.41. The molecule has 0 radical (unpaired) electrons. The van der Waals surface area contributed by atoms with Crippen molar-refractivity contribution in [2.75, 3.05) is 55.0 Å². The molecule has 2 N–H and O–H groups in total. The first-order valence-corrected chi connectivity index (χ1v) is 12.7. The summed E-state index contributed by atoms with van der Waals surface area (Å²) in [6, 6.07) is 5.14. The number of pyridine rings is 2. The number of ether oxygens (including phenoxy) is 2. The standard InChI is InChI=1S/C26H29N7O5/c27-12-19-13-29-23(11-21(19)28-5-8-38-20-3-4-20)31-26(36)33-6-1-2-17-10-18(22(15-34)30-25(17)33)14-32-7-9-37-16-24(32)35/h10-11,13,15,20H,1-9,14,16H2,(H2,28,29,31,36). The van der Waals surface area contributed by atoms with Gasteiger partial charge in [0.2, 0.25) is 5.91 Å². The molecule has 0 atom stereocenters. The van der Waals surface area contributed by atoms with E-state index in [1.54, 1.807) is 11.0 Å². The predicted octanol–water partition coefficient (Wildman–Crippen LogP) is 2.10. The fourth-order valence-electron chi connectivity index (χ4n) is 4.49. The van der Waals surface area contributed by atoms with E-state index in [1.807, 2.05) is 6.07 Å². The van der Waals surface area contributed by atoms with Crippen LogP contribution in [0.25, 0.3) is 0 Å². The van der Waals surface area contributed by atoms with Crippen LogP contribution < -0.4 is 15.5 Å². The van der Waals surface area contributed by atoms with E-state index in [9.17, 15) is 19.6 Å². The van der Waals surface area contributed by atoms with Gasteiger partial charge in [0.15, 0.2) is 6.29 Å². The Kier molecular flexibility index (Phi) is 7.76. The number of rotatable bonds is 9. The third-order valence-electron chi connectivity index (χ3n) is 6.63. The number of aldehydes is 1. The molecular weight excluding hydrogens is 490 g/mol. The van der Waals surface area contributed by atoms with Crippen LogP contribution >= 0.6 is 0 Å². The Morgan fingerprint density at radius 1 is 1.32 bits per heavy atom. The zero-order chi connectivity index (χ0) is 26.5. The number of nitrogens with zero attached hydrogens (tertiary/aromatic N) is 5. The number of aromatic nitrogens is 2. The van der Waals surface area contributed by atoms with E-state index in [0.29, 0.717) is 80.7 Å². The Balaban J connectivity index is 1.30. The van der Waals surface area contributed by atoms with Crippen molar-refractivity contribution in [1.82, 2.24) is 14.9 Å². The number of aryl methyl sites for hydroxylation is 1. The zero-order valence-electron chi connectivity index (χ0n) is 20.9. The molecule has 3 amide bonds. The number of amides is 3. The predicted molar refractivity (Wildman–Crippen MR) is 137 cm³/mol. The van der Waals surface area contributed by atoms with Crippen LogP contribution in [0.2, 0.25) is 0 Å². The molecule has 3 aliphatic rings. The van der Waals surface area contributed by atoms with Crippen LogP contribution in [0, 0.1) is 11.3 Å². The summed E-state index contributed by atoms with van der Waals surface area (Å²) in [4.78, 5) is 49.2. The number of fused-ring (bicyclic) bond motifs is 1. The first-order valence-electron chi connectivity index (χ1n) is 12.7. The Hall–Kier alpha value is -4.08. The quantitative estimate of drug-likeness (QED) is 0.375. The Labute approximate surface area is 219 Å². The molecule has 0 bridgehead atoms. The van der Waals surface area contributed by atoms with Gasteiger partial charge in [0.1, 0.15) is 30.0 Å². The monoisotopic (exact) mass is 519 g/mol. The highest BCUT2D eigenvalue weighted by Crippen LogP contribution is 2.29. The van der Waals surface area contributed by atoms with Gasteiger partial charge in [0, 0.05) is 44.0 Å². The van der Waals surface area contributed by atoms with Crippen molar-refractivity contribution >= 4 is 35.5 Å². The molecule has 38 heavy (non-hydrogen) atoms. The molecule has 2 aromatic heterocycles. The number of carbonyl (C=O) groups excluding carboxylic acids is 3. The van der Waals surface area contributed by atoms with E-state index >= 15 is 0 Å². The fraction of sp³-hybridized carbons (Fsp3) is 0.462. The zero-order valence-corrected chi connectivity index (χ0v) is 20.9. The van der Waals surface area contributed by atoms with Crippen molar-refractivity contribution in [3.8, 4) is 6.07 Å². The first-order chi connectivity index (χ1) is 18.6. The summed E-state index contributed by atoms with van der Waals surface area (Å²) in [5.74, 6) is 0.563. The summed E-state index contributed by atoms with van der Waals surface area (Å²) in [7, 11) is 0. The molecular formula is C26H29N7O5. The third kappa shape index (κ3) is 5.90. The van der Waals surface area contributed by atoms with Crippen molar-refractivity contribution in [3.05, 3.63) is 40.7 Å². The number of nitrogens with one attached hydrogen (secondary N) is 2. The van der Waals surface area contributed by atoms with Gasteiger partial charge in [-0.25, -0.2) is 14.8 Å². The highest BCUT2D eigenvalue weighted by molar-refractivity contribution is 6.01. The van der Waals surface area contributed by atoms with Crippen LogP contribution in [0.3, 0.4) is 0 Å². The average molecular weight is 520 g/mol. The van der Waals surface area contributed by atoms with Gasteiger partial charge in [-0.2, -0.15) is 5.26 Å².